The van der Waals surface area contributed by atoms with Gasteiger partial charge in [-0.1, -0.05) is 5.21 Å². The van der Waals surface area contributed by atoms with E-state index in [4.69, 9.17) is 9.47 Å². The molecule has 140 valence electrons. The van der Waals surface area contributed by atoms with Crippen molar-refractivity contribution in [2.24, 2.45) is 0 Å². The molecule has 0 saturated heterocycles. The van der Waals surface area contributed by atoms with E-state index >= 15 is 0 Å². The first-order chi connectivity index (χ1) is 13.0. The van der Waals surface area contributed by atoms with Crippen LogP contribution < -0.4 is 10.1 Å². The van der Waals surface area contributed by atoms with Crippen molar-refractivity contribution in [3.63, 3.8) is 0 Å². The van der Waals surface area contributed by atoms with E-state index in [1.165, 1.54) is 6.92 Å². The zero-order valence-electron chi connectivity index (χ0n) is 15.3. The molecule has 0 bridgehead atoms. The molecule has 0 saturated carbocycles. The average Bonchev–Trinajstić information content (AvgIpc) is 3.10. The number of carbonyl (C=O) groups excluding carboxylic acids is 2. The lowest BCUT2D eigenvalue weighted by molar-refractivity contribution is -0.123. The Labute approximate surface area is 156 Å². The molecule has 0 aliphatic rings. The molecular formula is C19H20N4O4. The average molecular weight is 368 g/mol. The van der Waals surface area contributed by atoms with Crippen molar-refractivity contribution in [3.8, 4) is 5.75 Å². The second kappa shape index (κ2) is 7.86. The standard InChI is InChI=1S/C19H20N4O4/c1-4-23-17-10-5-13(11-16(17)21-22-23)19(25)27-12(2)18(24)20-14-6-8-15(26-3)9-7-14/h5-12H,4H2,1-3H3,(H,20,24)/t12-/m0/s1. The molecule has 2 aromatic carbocycles. The number of nitrogens with one attached hydrogen (secondary N) is 1. The minimum absolute atomic E-state index is 0.315. The third kappa shape index (κ3) is 4.05. The predicted octanol–water partition coefficient (Wildman–Crippen LogP) is 2.64. The second-order valence-electron chi connectivity index (χ2n) is 5.87. The van der Waals surface area contributed by atoms with E-state index in [-0.39, 0.29) is 0 Å². The van der Waals surface area contributed by atoms with Gasteiger partial charge in [0.25, 0.3) is 5.91 Å². The van der Waals surface area contributed by atoms with E-state index in [0.29, 0.717) is 29.1 Å². The number of benzene rings is 2. The highest BCUT2D eigenvalue weighted by atomic mass is 16.5. The second-order valence-corrected chi connectivity index (χ2v) is 5.87. The molecule has 0 fully saturated rings. The van der Waals surface area contributed by atoms with Gasteiger partial charge in [-0.05, 0) is 56.3 Å². The van der Waals surface area contributed by atoms with Gasteiger partial charge in [0.2, 0.25) is 0 Å². The Hall–Kier alpha value is -3.42. The van der Waals surface area contributed by atoms with Crippen LogP contribution in [0.1, 0.15) is 24.2 Å². The normalized spacial score (nSPS) is 11.8. The number of hydrogen-bond acceptors (Lipinski definition) is 6. The van der Waals surface area contributed by atoms with Crippen molar-refractivity contribution < 1.29 is 19.1 Å². The molecule has 1 heterocycles. The molecule has 1 N–H and O–H groups in total. The maximum atomic E-state index is 12.3. The first-order valence-electron chi connectivity index (χ1n) is 8.51. The predicted molar refractivity (Wildman–Crippen MR) is 99.7 cm³/mol. The number of aryl methyl sites for hydroxylation is 1. The van der Waals surface area contributed by atoms with Crippen LogP contribution in [-0.4, -0.2) is 40.1 Å². The number of fused-ring (bicyclic) bond motifs is 1. The summed E-state index contributed by atoms with van der Waals surface area (Å²) in [5.41, 5.74) is 2.33. The summed E-state index contributed by atoms with van der Waals surface area (Å²) in [6, 6.07) is 11.9. The molecule has 27 heavy (non-hydrogen) atoms. The zero-order chi connectivity index (χ0) is 19.4. The molecule has 0 spiro atoms. The van der Waals surface area contributed by atoms with Crippen LogP contribution in [-0.2, 0) is 16.1 Å². The largest absolute Gasteiger partial charge is 0.497 e. The Morgan fingerprint density at radius 1 is 1.19 bits per heavy atom. The first kappa shape index (κ1) is 18.4. The van der Waals surface area contributed by atoms with Gasteiger partial charge in [-0.25, -0.2) is 9.48 Å². The van der Waals surface area contributed by atoms with Crippen LogP contribution in [0.15, 0.2) is 42.5 Å². The summed E-state index contributed by atoms with van der Waals surface area (Å²) < 4.78 is 12.1. The molecule has 8 heteroatoms. The molecule has 8 nitrogen and oxygen atoms in total. The van der Waals surface area contributed by atoms with Crippen LogP contribution >= 0.6 is 0 Å². The quantitative estimate of drug-likeness (QED) is 0.672. The van der Waals surface area contributed by atoms with Crippen molar-refractivity contribution in [3.05, 3.63) is 48.0 Å². The molecule has 0 aliphatic carbocycles. The molecular weight excluding hydrogens is 348 g/mol. The van der Waals surface area contributed by atoms with Crippen molar-refractivity contribution in [1.82, 2.24) is 15.0 Å². The summed E-state index contributed by atoms with van der Waals surface area (Å²) in [6.45, 7) is 4.16. The van der Waals surface area contributed by atoms with Crippen LogP contribution in [0.4, 0.5) is 5.69 Å². The Morgan fingerprint density at radius 3 is 2.59 bits per heavy atom. The van der Waals surface area contributed by atoms with Gasteiger partial charge in [-0.2, -0.15) is 0 Å². The first-order valence-corrected chi connectivity index (χ1v) is 8.51. The molecule has 1 amide bonds. The van der Waals surface area contributed by atoms with Gasteiger partial charge in [0.15, 0.2) is 6.10 Å². The topological polar surface area (TPSA) is 95.3 Å². The molecule has 3 rings (SSSR count). The lowest BCUT2D eigenvalue weighted by Gasteiger charge is -2.14. The minimum Gasteiger partial charge on any atom is -0.497 e. The third-order valence-electron chi connectivity index (χ3n) is 4.06. The summed E-state index contributed by atoms with van der Waals surface area (Å²) in [4.78, 5) is 24.6. The summed E-state index contributed by atoms with van der Waals surface area (Å²) >= 11 is 0. The van der Waals surface area contributed by atoms with Crippen molar-refractivity contribution in [2.75, 3.05) is 12.4 Å². The van der Waals surface area contributed by atoms with Crippen LogP contribution in [0.2, 0.25) is 0 Å². The van der Waals surface area contributed by atoms with Crippen molar-refractivity contribution in [1.29, 1.82) is 0 Å². The summed E-state index contributed by atoms with van der Waals surface area (Å²) in [5.74, 6) is -0.338. The van der Waals surface area contributed by atoms with Crippen molar-refractivity contribution in [2.45, 2.75) is 26.5 Å². The number of hydrogen-bond donors (Lipinski definition) is 1. The smallest absolute Gasteiger partial charge is 0.338 e. The Kier molecular flexibility index (Phi) is 5.35. The fourth-order valence-electron chi connectivity index (χ4n) is 2.53. The third-order valence-corrected chi connectivity index (χ3v) is 4.06. The SMILES string of the molecule is CCn1nnc2cc(C(=O)O[C@@H](C)C(=O)Nc3ccc(OC)cc3)ccc21. The number of amides is 1. The van der Waals surface area contributed by atoms with E-state index in [1.54, 1.807) is 54.3 Å². The van der Waals surface area contributed by atoms with E-state index in [9.17, 15) is 9.59 Å². The maximum Gasteiger partial charge on any atom is 0.338 e. The number of ether oxygens (including phenoxy) is 2. The van der Waals surface area contributed by atoms with Crippen molar-refractivity contribution >= 4 is 28.6 Å². The number of methoxy groups -OCH3 is 1. The van der Waals surface area contributed by atoms with Gasteiger partial charge in [-0.3, -0.25) is 4.79 Å². The number of nitrogens with zero attached hydrogens (tertiary/aromatic N) is 3. The molecule has 1 aromatic heterocycles. The van der Waals surface area contributed by atoms with Crippen LogP contribution in [0.25, 0.3) is 11.0 Å². The maximum absolute atomic E-state index is 12.3. The monoisotopic (exact) mass is 368 g/mol. The summed E-state index contributed by atoms with van der Waals surface area (Å²) in [7, 11) is 1.56. The highest BCUT2D eigenvalue weighted by molar-refractivity contribution is 5.98. The lowest BCUT2D eigenvalue weighted by atomic mass is 10.2. The highest BCUT2D eigenvalue weighted by Crippen LogP contribution is 2.17. The number of aromatic nitrogens is 3. The molecule has 0 unspecified atom stereocenters. The van der Waals surface area contributed by atoms with Gasteiger partial charge < -0.3 is 14.8 Å². The van der Waals surface area contributed by atoms with Gasteiger partial charge in [0, 0.05) is 12.2 Å². The fraction of sp³-hybridized carbons (Fsp3) is 0.263. The van der Waals surface area contributed by atoms with Gasteiger partial charge in [-0.15, -0.1) is 5.10 Å². The van der Waals surface area contributed by atoms with Gasteiger partial charge >= 0.3 is 5.97 Å². The van der Waals surface area contributed by atoms with E-state index in [0.717, 1.165) is 5.52 Å². The number of anilines is 1. The highest BCUT2D eigenvalue weighted by Gasteiger charge is 2.20. The van der Waals surface area contributed by atoms with E-state index in [2.05, 4.69) is 15.6 Å². The van der Waals surface area contributed by atoms with Gasteiger partial charge in [0.05, 0.1) is 18.2 Å². The molecule has 1 atom stereocenters. The lowest BCUT2D eigenvalue weighted by Crippen LogP contribution is -2.30. The molecule has 3 aromatic rings. The van der Waals surface area contributed by atoms with E-state index in [1.807, 2.05) is 6.92 Å². The van der Waals surface area contributed by atoms with E-state index < -0.39 is 18.0 Å². The molecule has 0 radical (unpaired) electrons. The number of rotatable bonds is 6. The minimum atomic E-state index is -0.957. The number of carbonyl (C=O) groups is 2. The zero-order valence-corrected chi connectivity index (χ0v) is 15.3. The van der Waals surface area contributed by atoms with Crippen LogP contribution in [0, 0.1) is 0 Å². The fourth-order valence-corrected chi connectivity index (χ4v) is 2.53. The van der Waals surface area contributed by atoms with Crippen LogP contribution in [0.5, 0.6) is 5.75 Å². The molecule has 0 aliphatic heterocycles. The Bertz CT molecular complexity index is 966. The number of esters is 1. The van der Waals surface area contributed by atoms with Gasteiger partial charge in [0.1, 0.15) is 11.3 Å². The van der Waals surface area contributed by atoms with Crippen LogP contribution in [0.3, 0.4) is 0 Å². The summed E-state index contributed by atoms with van der Waals surface area (Å²) in [6.07, 6.45) is -0.957. The summed E-state index contributed by atoms with van der Waals surface area (Å²) in [5, 5.41) is 10.7. The Balaban J connectivity index is 1.64. The Morgan fingerprint density at radius 2 is 1.93 bits per heavy atom.